The van der Waals surface area contributed by atoms with E-state index in [-0.39, 0.29) is 5.46 Å². The molecule has 0 spiro atoms. The summed E-state index contributed by atoms with van der Waals surface area (Å²) >= 11 is 0. The van der Waals surface area contributed by atoms with Crippen molar-refractivity contribution in [2.45, 2.75) is 20.0 Å². The molecular formula is C15H18BFN2O2. The van der Waals surface area contributed by atoms with Gasteiger partial charge in [0.1, 0.15) is 5.82 Å². The van der Waals surface area contributed by atoms with E-state index in [9.17, 15) is 14.4 Å². The van der Waals surface area contributed by atoms with Crippen LogP contribution in [0.4, 0.5) is 4.39 Å². The molecule has 1 heterocycles. The van der Waals surface area contributed by atoms with Crippen molar-refractivity contribution in [2.24, 2.45) is 0 Å². The van der Waals surface area contributed by atoms with Crippen LogP contribution in [0.25, 0.3) is 0 Å². The molecule has 0 unspecified atom stereocenters. The van der Waals surface area contributed by atoms with Crippen LogP contribution in [0.15, 0.2) is 42.6 Å². The Balaban J connectivity index is 2.15. The van der Waals surface area contributed by atoms with E-state index in [0.29, 0.717) is 18.7 Å². The van der Waals surface area contributed by atoms with Gasteiger partial charge in [0.25, 0.3) is 0 Å². The number of benzene rings is 1. The van der Waals surface area contributed by atoms with E-state index in [1.54, 1.807) is 12.3 Å². The summed E-state index contributed by atoms with van der Waals surface area (Å²) < 4.78 is 13.2. The number of halogens is 1. The van der Waals surface area contributed by atoms with Gasteiger partial charge in [-0.15, -0.1) is 0 Å². The Morgan fingerprint density at radius 2 is 2.00 bits per heavy atom. The smallest absolute Gasteiger partial charge is 0.423 e. The van der Waals surface area contributed by atoms with Gasteiger partial charge in [-0.2, -0.15) is 0 Å². The lowest BCUT2D eigenvalue weighted by atomic mass is 9.77. The summed E-state index contributed by atoms with van der Waals surface area (Å²) in [7, 11) is -1.68. The van der Waals surface area contributed by atoms with E-state index in [4.69, 9.17) is 0 Å². The van der Waals surface area contributed by atoms with Crippen LogP contribution >= 0.6 is 0 Å². The second-order valence-corrected chi connectivity index (χ2v) is 4.84. The van der Waals surface area contributed by atoms with Crippen LogP contribution in [0.3, 0.4) is 0 Å². The van der Waals surface area contributed by atoms with E-state index in [2.05, 4.69) is 9.88 Å². The first kappa shape index (κ1) is 15.6. The number of hydrogen-bond donors (Lipinski definition) is 2. The molecule has 0 amide bonds. The summed E-state index contributed by atoms with van der Waals surface area (Å²) in [6.07, 6.45) is 1.74. The number of hydrogen-bond acceptors (Lipinski definition) is 4. The summed E-state index contributed by atoms with van der Waals surface area (Å²) in [6.45, 7) is 3.94. The number of aromatic nitrogens is 1. The molecule has 0 radical (unpaired) electrons. The Hall–Kier alpha value is -1.76. The summed E-state index contributed by atoms with van der Waals surface area (Å²) in [5.74, 6) is -0.477. The molecule has 0 bridgehead atoms. The van der Waals surface area contributed by atoms with Gasteiger partial charge in [0, 0.05) is 19.3 Å². The molecule has 4 nitrogen and oxygen atoms in total. The quantitative estimate of drug-likeness (QED) is 0.776. The maximum absolute atomic E-state index is 13.2. The maximum Gasteiger partial charge on any atom is 0.488 e. The Labute approximate surface area is 124 Å². The third-order valence-electron chi connectivity index (χ3n) is 3.34. The van der Waals surface area contributed by atoms with E-state index in [1.165, 1.54) is 6.07 Å². The number of nitrogens with zero attached hydrogens (tertiary/aromatic N) is 2. The molecule has 0 aliphatic heterocycles. The Bertz CT molecular complexity index is 581. The predicted octanol–water partition coefficient (Wildman–Crippen LogP) is 0.923. The number of pyridine rings is 1. The molecule has 0 fully saturated rings. The maximum atomic E-state index is 13.2. The summed E-state index contributed by atoms with van der Waals surface area (Å²) in [5, 5.41) is 18.7. The molecule has 21 heavy (non-hydrogen) atoms. The molecule has 0 aliphatic carbocycles. The zero-order valence-electron chi connectivity index (χ0n) is 11.9. The fraction of sp³-hybridized carbons (Fsp3) is 0.267. The molecule has 0 saturated heterocycles. The Morgan fingerprint density at radius 3 is 2.62 bits per heavy atom. The van der Waals surface area contributed by atoms with Gasteiger partial charge in [-0.1, -0.05) is 19.1 Å². The van der Waals surface area contributed by atoms with Crippen molar-refractivity contribution in [2.75, 3.05) is 6.54 Å². The van der Waals surface area contributed by atoms with Crippen LogP contribution in [0.1, 0.15) is 18.2 Å². The van der Waals surface area contributed by atoms with Gasteiger partial charge in [-0.3, -0.25) is 9.88 Å². The van der Waals surface area contributed by atoms with E-state index < -0.39 is 12.9 Å². The van der Waals surface area contributed by atoms with Gasteiger partial charge in [-0.25, -0.2) is 4.39 Å². The van der Waals surface area contributed by atoms with Crippen molar-refractivity contribution < 1.29 is 14.4 Å². The Morgan fingerprint density at radius 1 is 1.19 bits per heavy atom. The van der Waals surface area contributed by atoms with Gasteiger partial charge in [-0.05, 0) is 41.8 Å². The molecule has 110 valence electrons. The van der Waals surface area contributed by atoms with E-state index >= 15 is 0 Å². The predicted molar refractivity (Wildman–Crippen MR) is 80.3 cm³/mol. The van der Waals surface area contributed by atoms with Crippen molar-refractivity contribution >= 4 is 12.6 Å². The lowest BCUT2D eigenvalue weighted by molar-refractivity contribution is 0.268. The highest BCUT2D eigenvalue weighted by Gasteiger charge is 2.18. The van der Waals surface area contributed by atoms with Crippen LogP contribution < -0.4 is 5.46 Å². The summed E-state index contributed by atoms with van der Waals surface area (Å²) in [6, 6.07) is 9.81. The first-order valence-electron chi connectivity index (χ1n) is 6.87. The highest BCUT2D eigenvalue weighted by atomic mass is 19.1. The molecule has 0 saturated carbocycles. The number of rotatable bonds is 6. The van der Waals surface area contributed by atoms with E-state index in [1.807, 2.05) is 25.1 Å². The second-order valence-electron chi connectivity index (χ2n) is 4.84. The third-order valence-corrected chi connectivity index (χ3v) is 3.34. The normalized spacial score (nSPS) is 10.9. The SMILES string of the molecule is CCN(Cc1ccccn1)Cc1ccc(F)cc1B(O)O. The minimum Gasteiger partial charge on any atom is -0.423 e. The zero-order valence-corrected chi connectivity index (χ0v) is 11.9. The van der Waals surface area contributed by atoms with Gasteiger partial charge in [0.15, 0.2) is 0 Å². The minimum absolute atomic E-state index is 0.203. The minimum atomic E-state index is -1.68. The first-order valence-corrected chi connectivity index (χ1v) is 6.87. The van der Waals surface area contributed by atoms with Crippen LogP contribution in [0.2, 0.25) is 0 Å². The van der Waals surface area contributed by atoms with Crippen LogP contribution in [-0.4, -0.2) is 33.6 Å². The molecule has 0 aliphatic rings. The fourth-order valence-electron chi connectivity index (χ4n) is 2.19. The molecule has 1 aromatic carbocycles. The van der Waals surface area contributed by atoms with E-state index in [0.717, 1.165) is 18.3 Å². The fourth-order valence-corrected chi connectivity index (χ4v) is 2.19. The highest BCUT2D eigenvalue weighted by molar-refractivity contribution is 6.59. The lowest BCUT2D eigenvalue weighted by Gasteiger charge is -2.21. The average Bonchev–Trinajstić information content (AvgIpc) is 2.49. The topological polar surface area (TPSA) is 56.6 Å². The van der Waals surface area contributed by atoms with Gasteiger partial charge in [0.05, 0.1) is 5.69 Å². The lowest BCUT2D eigenvalue weighted by Crippen LogP contribution is -2.36. The molecule has 1 aromatic heterocycles. The second kappa shape index (κ2) is 7.31. The van der Waals surface area contributed by atoms with Crippen molar-refractivity contribution in [3.8, 4) is 0 Å². The van der Waals surface area contributed by atoms with Crippen LogP contribution in [-0.2, 0) is 13.1 Å². The third kappa shape index (κ3) is 4.36. The molecule has 2 aromatic rings. The highest BCUT2D eigenvalue weighted by Crippen LogP contribution is 2.08. The van der Waals surface area contributed by atoms with Crippen LogP contribution in [0, 0.1) is 5.82 Å². The Kier molecular flexibility index (Phi) is 5.44. The van der Waals surface area contributed by atoms with Crippen molar-refractivity contribution in [1.29, 1.82) is 0 Å². The van der Waals surface area contributed by atoms with Gasteiger partial charge in [0.2, 0.25) is 0 Å². The zero-order chi connectivity index (χ0) is 15.2. The summed E-state index contributed by atoms with van der Waals surface area (Å²) in [5.41, 5.74) is 1.84. The van der Waals surface area contributed by atoms with Crippen LogP contribution in [0.5, 0.6) is 0 Å². The van der Waals surface area contributed by atoms with Crippen molar-refractivity contribution in [1.82, 2.24) is 9.88 Å². The van der Waals surface area contributed by atoms with Gasteiger partial charge >= 0.3 is 7.12 Å². The molecule has 0 atom stereocenters. The van der Waals surface area contributed by atoms with Crippen molar-refractivity contribution in [3.05, 3.63) is 59.7 Å². The first-order chi connectivity index (χ1) is 10.1. The average molecular weight is 288 g/mol. The molecule has 2 rings (SSSR count). The van der Waals surface area contributed by atoms with Crippen molar-refractivity contribution in [3.63, 3.8) is 0 Å². The molecule has 2 N–H and O–H groups in total. The largest absolute Gasteiger partial charge is 0.488 e. The molecule has 6 heteroatoms. The van der Waals surface area contributed by atoms with Gasteiger partial charge < -0.3 is 10.0 Å². The summed E-state index contributed by atoms with van der Waals surface area (Å²) in [4.78, 5) is 6.38. The molecular weight excluding hydrogens is 270 g/mol. The monoisotopic (exact) mass is 288 g/mol. The standard InChI is InChI=1S/C15H18BFN2O2/c1-2-19(11-14-5-3-4-8-18-14)10-12-6-7-13(17)9-15(12)16(20)21/h3-9,20-21H,2,10-11H2,1H3.